The lowest BCUT2D eigenvalue weighted by molar-refractivity contribution is 1.30. The highest BCUT2D eigenvalue weighted by Gasteiger charge is 1.96. The molecule has 2 nitrogen and oxygen atoms in total. The SMILES string of the molecule is Bc1ccc2ncc(Cl)nc2c1. The Morgan fingerprint density at radius 3 is 2.92 bits per heavy atom. The van der Waals surface area contributed by atoms with Crippen LogP contribution in [-0.4, -0.2) is 17.8 Å². The molecular weight excluding hydrogens is 170 g/mol. The Morgan fingerprint density at radius 1 is 1.25 bits per heavy atom. The summed E-state index contributed by atoms with van der Waals surface area (Å²) < 4.78 is 0. The van der Waals surface area contributed by atoms with Crippen molar-refractivity contribution in [1.29, 1.82) is 0 Å². The summed E-state index contributed by atoms with van der Waals surface area (Å²) in [6, 6.07) is 5.91. The molecule has 0 spiro atoms. The molecule has 12 heavy (non-hydrogen) atoms. The molecule has 4 heteroatoms. The summed E-state index contributed by atoms with van der Waals surface area (Å²) in [5.41, 5.74) is 2.89. The fourth-order valence-corrected chi connectivity index (χ4v) is 1.24. The van der Waals surface area contributed by atoms with Crippen LogP contribution in [0.5, 0.6) is 0 Å². The molecule has 2 rings (SSSR count). The molecule has 0 radical (unpaired) electrons. The number of fused-ring (bicyclic) bond motifs is 1. The predicted octanol–water partition coefficient (Wildman–Crippen LogP) is 0.542. The second-order valence-corrected chi connectivity index (χ2v) is 3.07. The van der Waals surface area contributed by atoms with E-state index in [1.165, 1.54) is 5.46 Å². The Hall–Kier alpha value is -1.09. The smallest absolute Gasteiger partial charge is 0.148 e. The van der Waals surface area contributed by atoms with Gasteiger partial charge in [-0.2, -0.15) is 0 Å². The molecule has 0 saturated carbocycles. The number of hydrogen-bond acceptors (Lipinski definition) is 2. The van der Waals surface area contributed by atoms with Crippen molar-refractivity contribution < 1.29 is 0 Å². The summed E-state index contributed by atoms with van der Waals surface area (Å²) in [5.74, 6) is 0. The highest BCUT2D eigenvalue weighted by atomic mass is 35.5. The van der Waals surface area contributed by atoms with Crippen molar-refractivity contribution in [2.24, 2.45) is 0 Å². The van der Waals surface area contributed by atoms with Crippen molar-refractivity contribution in [3.8, 4) is 0 Å². The Morgan fingerprint density at radius 2 is 2.08 bits per heavy atom. The van der Waals surface area contributed by atoms with Crippen LogP contribution in [0.1, 0.15) is 0 Å². The summed E-state index contributed by atoms with van der Waals surface area (Å²) in [6.07, 6.45) is 1.55. The van der Waals surface area contributed by atoms with E-state index in [0.717, 1.165) is 11.0 Å². The minimum Gasteiger partial charge on any atom is -0.251 e. The normalized spacial score (nSPS) is 10.4. The van der Waals surface area contributed by atoms with E-state index in [9.17, 15) is 0 Å². The Labute approximate surface area is 76.0 Å². The average Bonchev–Trinajstić information content (AvgIpc) is 2.03. The number of halogens is 1. The van der Waals surface area contributed by atoms with Crippen LogP contribution in [-0.2, 0) is 0 Å². The van der Waals surface area contributed by atoms with E-state index in [2.05, 4.69) is 9.97 Å². The lowest BCUT2D eigenvalue weighted by Crippen LogP contribution is -2.01. The van der Waals surface area contributed by atoms with E-state index >= 15 is 0 Å². The van der Waals surface area contributed by atoms with Crippen molar-refractivity contribution in [2.75, 3.05) is 0 Å². The van der Waals surface area contributed by atoms with Gasteiger partial charge in [0.05, 0.1) is 17.2 Å². The van der Waals surface area contributed by atoms with Crippen LogP contribution in [0.4, 0.5) is 0 Å². The van der Waals surface area contributed by atoms with Crippen molar-refractivity contribution in [3.63, 3.8) is 0 Å². The lowest BCUT2D eigenvalue weighted by atomic mass is 9.96. The third kappa shape index (κ3) is 1.28. The third-order valence-electron chi connectivity index (χ3n) is 1.67. The van der Waals surface area contributed by atoms with E-state index < -0.39 is 0 Å². The molecule has 0 aliphatic rings. The summed E-state index contributed by atoms with van der Waals surface area (Å²) >= 11 is 5.70. The fraction of sp³-hybridized carbons (Fsp3) is 0. The predicted molar refractivity (Wildman–Crippen MR) is 52.7 cm³/mol. The van der Waals surface area contributed by atoms with Crippen LogP contribution < -0.4 is 5.46 Å². The van der Waals surface area contributed by atoms with Crippen molar-refractivity contribution in [1.82, 2.24) is 9.97 Å². The molecule has 1 aromatic carbocycles. The zero-order valence-electron chi connectivity index (χ0n) is 6.58. The number of aromatic nitrogens is 2. The maximum absolute atomic E-state index is 5.70. The summed E-state index contributed by atoms with van der Waals surface area (Å²) in [4.78, 5) is 8.27. The van der Waals surface area contributed by atoms with Gasteiger partial charge in [0, 0.05) is 0 Å². The Bertz CT molecular complexity index is 394. The highest BCUT2D eigenvalue weighted by Crippen LogP contribution is 2.09. The van der Waals surface area contributed by atoms with E-state index in [4.69, 9.17) is 11.6 Å². The second-order valence-electron chi connectivity index (χ2n) is 2.68. The minimum absolute atomic E-state index is 0.438. The third-order valence-corrected chi connectivity index (χ3v) is 1.85. The van der Waals surface area contributed by atoms with Crippen LogP contribution in [0.2, 0.25) is 5.15 Å². The highest BCUT2D eigenvalue weighted by molar-refractivity contribution is 6.33. The first kappa shape index (κ1) is 7.56. The van der Waals surface area contributed by atoms with Gasteiger partial charge in [0.15, 0.2) is 0 Å². The van der Waals surface area contributed by atoms with Gasteiger partial charge in [-0.3, -0.25) is 4.98 Å². The molecule has 1 heterocycles. The van der Waals surface area contributed by atoms with E-state index in [0.29, 0.717) is 5.15 Å². The molecule has 0 aliphatic heterocycles. The van der Waals surface area contributed by atoms with Gasteiger partial charge in [0.25, 0.3) is 0 Å². The second kappa shape index (κ2) is 2.75. The number of benzene rings is 1. The van der Waals surface area contributed by atoms with Crippen LogP contribution in [0, 0.1) is 0 Å². The lowest BCUT2D eigenvalue weighted by Gasteiger charge is -1.97. The van der Waals surface area contributed by atoms with Crippen LogP contribution in [0.25, 0.3) is 11.0 Å². The van der Waals surface area contributed by atoms with Gasteiger partial charge in [-0.15, -0.1) is 0 Å². The van der Waals surface area contributed by atoms with Gasteiger partial charge < -0.3 is 0 Å². The van der Waals surface area contributed by atoms with Crippen LogP contribution >= 0.6 is 11.6 Å². The van der Waals surface area contributed by atoms with Gasteiger partial charge >= 0.3 is 0 Å². The topological polar surface area (TPSA) is 25.8 Å². The minimum atomic E-state index is 0.438. The molecule has 2 aromatic rings. The zero-order chi connectivity index (χ0) is 8.55. The largest absolute Gasteiger partial charge is 0.251 e. The monoisotopic (exact) mass is 176 g/mol. The first-order valence-corrected chi connectivity index (χ1v) is 4.02. The Balaban J connectivity index is 2.80. The molecule has 0 bridgehead atoms. The molecule has 58 valence electrons. The first-order chi connectivity index (χ1) is 5.75. The number of rotatable bonds is 0. The molecular formula is C8H6BClN2. The molecule has 0 saturated heterocycles. The zero-order valence-corrected chi connectivity index (χ0v) is 7.34. The average molecular weight is 176 g/mol. The molecule has 0 aliphatic carbocycles. The standard InChI is InChI=1S/C8H6BClN2/c9-5-1-2-6-7(3-5)12-8(10)4-11-6/h1-4H,9H2. The van der Waals surface area contributed by atoms with E-state index in [1.807, 2.05) is 26.0 Å². The van der Waals surface area contributed by atoms with Crippen molar-refractivity contribution in [3.05, 3.63) is 29.5 Å². The molecule has 0 unspecified atom stereocenters. The summed E-state index contributed by atoms with van der Waals surface area (Å²) in [5, 5.41) is 0.438. The maximum atomic E-state index is 5.70. The van der Waals surface area contributed by atoms with Crippen molar-refractivity contribution >= 4 is 35.9 Å². The Kier molecular flexibility index (Phi) is 1.73. The summed E-state index contributed by atoms with van der Waals surface area (Å²) in [7, 11) is 2.02. The first-order valence-electron chi connectivity index (χ1n) is 3.64. The van der Waals surface area contributed by atoms with Gasteiger partial charge in [0.2, 0.25) is 0 Å². The van der Waals surface area contributed by atoms with E-state index in [1.54, 1.807) is 6.20 Å². The van der Waals surface area contributed by atoms with Gasteiger partial charge in [-0.1, -0.05) is 23.1 Å². The van der Waals surface area contributed by atoms with Gasteiger partial charge in [-0.05, 0) is 12.1 Å². The van der Waals surface area contributed by atoms with Gasteiger partial charge in [-0.25, -0.2) is 4.98 Å². The molecule has 1 aromatic heterocycles. The maximum Gasteiger partial charge on any atom is 0.148 e. The van der Waals surface area contributed by atoms with Gasteiger partial charge in [0.1, 0.15) is 13.0 Å². The molecule has 0 amide bonds. The molecule has 0 N–H and O–H groups in total. The van der Waals surface area contributed by atoms with Crippen LogP contribution in [0.3, 0.4) is 0 Å². The number of hydrogen-bond donors (Lipinski definition) is 0. The fourth-order valence-electron chi connectivity index (χ4n) is 1.10. The van der Waals surface area contributed by atoms with Crippen molar-refractivity contribution in [2.45, 2.75) is 0 Å². The quantitative estimate of drug-likeness (QED) is 0.548. The summed E-state index contributed by atoms with van der Waals surface area (Å²) in [6.45, 7) is 0. The van der Waals surface area contributed by atoms with Crippen LogP contribution in [0.15, 0.2) is 24.4 Å². The molecule has 0 atom stereocenters. The number of nitrogens with zero attached hydrogens (tertiary/aromatic N) is 2. The molecule has 0 fully saturated rings. The van der Waals surface area contributed by atoms with E-state index in [-0.39, 0.29) is 0 Å².